The summed E-state index contributed by atoms with van der Waals surface area (Å²) in [5, 5.41) is 3.69. The Morgan fingerprint density at radius 1 is 1.22 bits per heavy atom. The summed E-state index contributed by atoms with van der Waals surface area (Å²) < 4.78 is 1.15. The third kappa shape index (κ3) is 4.31. The molecule has 0 heterocycles. The SMILES string of the molecule is CC(C)CC1CCCC(Nc2ccc(Br)cc2)C1. The van der Waals surface area contributed by atoms with Gasteiger partial charge in [-0.3, -0.25) is 0 Å². The lowest BCUT2D eigenvalue weighted by Gasteiger charge is -2.31. The van der Waals surface area contributed by atoms with Gasteiger partial charge in [-0.1, -0.05) is 42.6 Å². The normalized spacial score (nSPS) is 24.2. The molecule has 1 fully saturated rings. The van der Waals surface area contributed by atoms with E-state index in [9.17, 15) is 0 Å². The zero-order valence-electron chi connectivity index (χ0n) is 11.5. The molecule has 1 saturated carbocycles. The van der Waals surface area contributed by atoms with Crippen LogP contribution in [0.2, 0.25) is 0 Å². The Morgan fingerprint density at radius 3 is 2.61 bits per heavy atom. The van der Waals surface area contributed by atoms with E-state index < -0.39 is 0 Å². The minimum absolute atomic E-state index is 0.670. The van der Waals surface area contributed by atoms with E-state index >= 15 is 0 Å². The first-order valence-electron chi connectivity index (χ1n) is 7.15. The van der Waals surface area contributed by atoms with E-state index in [0.29, 0.717) is 6.04 Å². The number of nitrogens with one attached hydrogen (secondary N) is 1. The summed E-state index contributed by atoms with van der Waals surface area (Å²) in [6.45, 7) is 4.68. The first kappa shape index (κ1) is 13.9. The smallest absolute Gasteiger partial charge is 0.0343 e. The minimum Gasteiger partial charge on any atom is -0.382 e. The maximum Gasteiger partial charge on any atom is 0.0343 e. The summed E-state index contributed by atoms with van der Waals surface area (Å²) in [5.74, 6) is 1.76. The first-order valence-corrected chi connectivity index (χ1v) is 7.95. The third-order valence-electron chi connectivity index (χ3n) is 3.80. The summed E-state index contributed by atoms with van der Waals surface area (Å²) in [7, 11) is 0. The molecular weight excluding hydrogens is 286 g/mol. The lowest BCUT2D eigenvalue weighted by molar-refractivity contribution is 0.289. The van der Waals surface area contributed by atoms with Crippen molar-refractivity contribution < 1.29 is 0 Å². The molecule has 0 aliphatic heterocycles. The molecule has 2 atom stereocenters. The Kier molecular flexibility index (Phi) is 5.11. The highest BCUT2D eigenvalue weighted by Crippen LogP contribution is 2.31. The second-order valence-corrected chi connectivity index (χ2v) is 6.93. The number of halogens is 1. The first-order chi connectivity index (χ1) is 8.63. The highest BCUT2D eigenvalue weighted by atomic mass is 79.9. The van der Waals surface area contributed by atoms with Crippen molar-refractivity contribution in [3.8, 4) is 0 Å². The summed E-state index contributed by atoms with van der Waals surface area (Å²) in [5.41, 5.74) is 1.26. The van der Waals surface area contributed by atoms with Crippen LogP contribution in [0.25, 0.3) is 0 Å². The van der Waals surface area contributed by atoms with Crippen LogP contribution in [-0.4, -0.2) is 6.04 Å². The van der Waals surface area contributed by atoms with Crippen molar-refractivity contribution in [2.24, 2.45) is 11.8 Å². The number of rotatable bonds is 4. The molecule has 0 bridgehead atoms. The minimum atomic E-state index is 0.670. The molecule has 0 saturated heterocycles. The molecule has 1 aromatic carbocycles. The molecule has 1 aromatic rings. The second kappa shape index (κ2) is 6.60. The number of anilines is 1. The molecule has 2 rings (SSSR count). The van der Waals surface area contributed by atoms with Crippen LogP contribution in [0.5, 0.6) is 0 Å². The molecule has 1 aliphatic carbocycles. The predicted octanol–water partition coefficient (Wildman–Crippen LogP) is 5.47. The van der Waals surface area contributed by atoms with Crippen molar-refractivity contribution in [1.29, 1.82) is 0 Å². The van der Waals surface area contributed by atoms with Crippen LogP contribution < -0.4 is 5.32 Å². The fourth-order valence-electron chi connectivity index (χ4n) is 3.08. The van der Waals surface area contributed by atoms with Crippen LogP contribution in [-0.2, 0) is 0 Å². The number of benzene rings is 1. The Balaban J connectivity index is 1.87. The Hall–Kier alpha value is -0.500. The van der Waals surface area contributed by atoms with Crippen molar-refractivity contribution in [2.45, 2.75) is 52.0 Å². The standard InChI is InChI=1S/C16H24BrN/c1-12(2)10-13-4-3-5-16(11-13)18-15-8-6-14(17)7-9-15/h6-9,12-13,16,18H,3-5,10-11H2,1-2H3. The van der Waals surface area contributed by atoms with Crippen LogP contribution in [0.4, 0.5) is 5.69 Å². The van der Waals surface area contributed by atoms with E-state index in [1.807, 2.05) is 0 Å². The van der Waals surface area contributed by atoms with Crippen molar-refractivity contribution in [1.82, 2.24) is 0 Å². The van der Waals surface area contributed by atoms with Gasteiger partial charge in [-0.2, -0.15) is 0 Å². The average molecular weight is 310 g/mol. The fraction of sp³-hybridized carbons (Fsp3) is 0.625. The molecular formula is C16H24BrN. The zero-order chi connectivity index (χ0) is 13.0. The Labute approximate surface area is 119 Å². The van der Waals surface area contributed by atoms with Gasteiger partial charge in [-0.05, 0) is 55.4 Å². The van der Waals surface area contributed by atoms with E-state index in [2.05, 4.69) is 59.4 Å². The molecule has 2 unspecified atom stereocenters. The largest absolute Gasteiger partial charge is 0.382 e. The maximum absolute atomic E-state index is 3.69. The maximum atomic E-state index is 3.69. The van der Waals surface area contributed by atoms with Gasteiger partial charge in [0, 0.05) is 16.2 Å². The lowest BCUT2D eigenvalue weighted by Crippen LogP contribution is -2.27. The topological polar surface area (TPSA) is 12.0 Å². The lowest BCUT2D eigenvalue weighted by atomic mass is 9.81. The van der Waals surface area contributed by atoms with Gasteiger partial charge < -0.3 is 5.32 Å². The van der Waals surface area contributed by atoms with Gasteiger partial charge in [0.2, 0.25) is 0 Å². The van der Waals surface area contributed by atoms with Gasteiger partial charge in [0.05, 0.1) is 0 Å². The molecule has 0 aromatic heterocycles. The average Bonchev–Trinajstić information content (AvgIpc) is 2.32. The Morgan fingerprint density at radius 2 is 1.94 bits per heavy atom. The summed E-state index contributed by atoms with van der Waals surface area (Å²) in [4.78, 5) is 0. The van der Waals surface area contributed by atoms with Gasteiger partial charge in [-0.25, -0.2) is 0 Å². The van der Waals surface area contributed by atoms with E-state index in [4.69, 9.17) is 0 Å². The van der Waals surface area contributed by atoms with Crippen LogP contribution in [0, 0.1) is 11.8 Å². The number of hydrogen-bond donors (Lipinski definition) is 1. The molecule has 1 nitrogen and oxygen atoms in total. The Bertz CT molecular complexity index is 358. The van der Waals surface area contributed by atoms with Gasteiger partial charge in [0.25, 0.3) is 0 Å². The molecule has 2 heteroatoms. The van der Waals surface area contributed by atoms with Crippen LogP contribution in [0.1, 0.15) is 46.0 Å². The van der Waals surface area contributed by atoms with Gasteiger partial charge >= 0.3 is 0 Å². The highest BCUT2D eigenvalue weighted by molar-refractivity contribution is 9.10. The predicted molar refractivity (Wildman–Crippen MR) is 83.0 cm³/mol. The van der Waals surface area contributed by atoms with E-state index in [1.165, 1.54) is 37.8 Å². The van der Waals surface area contributed by atoms with Crippen molar-refractivity contribution in [3.05, 3.63) is 28.7 Å². The summed E-state index contributed by atoms with van der Waals surface area (Å²) in [6.07, 6.45) is 6.86. The summed E-state index contributed by atoms with van der Waals surface area (Å²) in [6, 6.07) is 9.21. The van der Waals surface area contributed by atoms with Crippen molar-refractivity contribution >= 4 is 21.6 Å². The highest BCUT2D eigenvalue weighted by Gasteiger charge is 2.22. The monoisotopic (exact) mass is 309 g/mol. The quantitative estimate of drug-likeness (QED) is 0.778. The molecule has 18 heavy (non-hydrogen) atoms. The second-order valence-electron chi connectivity index (χ2n) is 6.01. The zero-order valence-corrected chi connectivity index (χ0v) is 13.0. The fourth-order valence-corrected chi connectivity index (χ4v) is 3.35. The van der Waals surface area contributed by atoms with Crippen molar-refractivity contribution in [3.63, 3.8) is 0 Å². The molecule has 1 aliphatic rings. The molecule has 0 amide bonds. The van der Waals surface area contributed by atoms with E-state index in [0.717, 1.165) is 16.3 Å². The van der Waals surface area contributed by atoms with Gasteiger partial charge in [0.15, 0.2) is 0 Å². The third-order valence-corrected chi connectivity index (χ3v) is 4.33. The van der Waals surface area contributed by atoms with E-state index in [-0.39, 0.29) is 0 Å². The van der Waals surface area contributed by atoms with E-state index in [1.54, 1.807) is 0 Å². The molecule has 100 valence electrons. The van der Waals surface area contributed by atoms with Crippen LogP contribution >= 0.6 is 15.9 Å². The molecule has 0 spiro atoms. The van der Waals surface area contributed by atoms with Gasteiger partial charge in [0.1, 0.15) is 0 Å². The van der Waals surface area contributed by atoms with Gasteiger partial charge in [-0.15, -0.1) is 0 Å². The summed E-state index contributed by atoms with van der Waals surface area (Å²) >= 11 is 3.48. The molecule has 1 N–H and O–H groups in total. The molecule has 0 radical (unpaired) electrons. The van der Waals surface area contributed by atoms with Crippen molar-refractivity contribution in [2.75, 3.05) is 5.32 Å². The number of hydrogen-bond acceptors (Lipinski definition) is 1. The van der Waals surface area contributed by atoms with Crippen LogP contribution in [0.3, 0.4) is 0 Å². The van der Waals surface area contributed by atoms with Crippen LogP contribution in [0.15, 0.2) is 28.7 Å².